The van der Waals surface area contributed by atoms with Crippen LogP contribution in [0.25, 0.3) is 10.9 Å². The minimum atomic E-state index is -4.44. The summed E-state index contributed by atoms with van der Waals surface area (Å²) in [6.07, 6.45) is -0.334. The molecule has 0 atom stereocenters. The Morgan fingerprint density at radius 2 is 1.96 bits per heavy atom. The molecule has 0 saturated heterocycles. The van der Waals surface area contributed by atoms with Gasteiger partial charge in [0.15, 0.2) is 0 Å². The Bertz CT molecular complexity index is 1100. The van der Waals surface area contributed by atoms with Gasteiger partial charge in [0, 0.05) is 17.5 Å². The summed E-state index contributed by atoms with van der Waals surface area (Å²) >= 11 is 0. The summed E-state index contributed by atoms with van der Waals surface area (Å²) in [6.45, 7) is -1.25. The number of sulfonamides is 1. The summed E-state index contributed by atoms with van der Waals surface area (Å²) in [5, 5.41) is 4.19. The molecule has 1 saturated carbocycles. The highest BCUT2D eigenvalue weighted by Crippen LogP contribution is 2.44. The number of fused-ring (bicyclic) bond motifs is 1. The quantitative estimate of drug-likeness (QED) is 0.714. The summed E-state index contributed by atoms with van der Waals surface area (Å²) in [5.41, 5.74) is 0.868. The summed E-state index contributed by atoms with van der Waals surface area (Å²) in [5.74, 6) is -0.123. The van der Waals surface area contributed by atoms with Gasteiger partial charge in [0.2, 0.25) is 0 Å². The minimum Gasteiger partial charge on any atom is -0.276 e. The largest absolute Gasteiger partial charge is 0.408 e. The predicted octanol–water partition coefficient (Wildman–Crippen LogP) is 3.67. The van der Waals surface area contributed by atoms with Gasteiger partial charge >= 0.3 is 6.18 Å². The molecule has 142 valence electrons. The first-order valence-electron chi connectivity index (χ1n) is 8.24. The third kappa shape index (κ3) is 3.61. The van der Waals surface area contributed by atoms with E-state index in [0.29, 0.717) is 23.7 Å². The first kappa shape index (κ1) is 17.8. The molecule has 0 aliphatic heterocycles. The summed E-state index contributed by atoms with van der Waals surface area (Å²) in [4.78, 5) is 4.14. The van der Waals surface area contributed by atoms with Crippen molar-refractivity contribution in [3.05, 3.63) is 48.4 Å². The van der Waals surface area contributed by atoms with Crippen LogP contribution in [0.1, 0.15) is 24.5 Å². The molecule has 2 aromatic heterocycles. The lowest BCUT2D eigenvalue weighted by Gasteiger charge is -2.13. The third-order valence-electron chi connectivity index (χ3n) is 4.31. The number of hydrogen-bond acceptors (Lipinski definition) is 4. The highest BCUT2D eigenvalue weighted by Gasteiger charge is 2.36. The first-order chi connectivity index (χ1) is 12.7. The Hall–Kier alpha value is -2.62. The molecular weight excluding hydrogens is 381 g/mol. The lowest BCUT2D eigenvalue weighted by atomic mass is 10.2. The number of halogens is 3. The molecule has 27 heavy (non-hydrogen) atoms. The fraction of sp³-hybridized carbons (Fsp3) is 0.294. The lowest BCUT2D eigenvalue weighted by molar-refractivity contribution is -0.143. The van der Waals surface area contributed by atoms with Crippen molar-refractivity contribution >= 4 is 26.6 Å². The van der Waals surface area contributed by atoms with Crippen molar-refractivity contribution in [1.29, 1.82) is 0 Å². The number of nitrogens with zero attached hydrogens (tertiary/aromatic N) is 3. The first-order valence-corrected chi connectivity index (χ1v) is 9.72. The zero-order chi connectivity index (χ0) is 19.2. The van der Waals surface area contributed by atoms with Crippen LogP contribution in [0.2, 0.25) is 0 Å². The molecule has 1 aliphatic carbocycles. The van der Waals surface area contributed by atoms with Gasteiger partial charge in [0.1, 0.15) is 6.54 Å². The number of benzene rings is 1. The van der Waals surface area contributed by atoms with Gasteiger partial charge in [-0.3, -0.25) is 14.4 Å². The van der Waals surface area contributed by atoms with Crippen molar-refractivity contribution in [1.82, 2.24) is 14.8 Å². The van der Waals surface area contributed by atoms with E-state index >= 15 is 0 Å². The minimum absolute atomic E-state index is 0.0124. The van der Waals surface area contributed by atoms with E-state index in [0.717, 1.165) is 10.9 Å². The molecule has 1 aromatic carbocycles. The SMILES string of the molecule is O=S(=O)(Nc1cnn(CC(F)(F)F)c1C1CC1)c1cccc2ncccc12. The van der Waals surface area contributed by atoms with Crippen LogP contribution in [-0.4, -0.2) is 29.4 Å². The van der Waals surface area contributed by atoms with E-state index in [2.05, 4.69) is 14.8 Å². The van der Waals surface area contributed by atoms with Crippen molar-refractivity contribution in [2.75, 3.05) is 4.72 Å². The molecule has 4 rings (SSSR count). The average Bonchev–Trinajstić information content (AvgIpc) is 3.36. The van der Waals surface area contributed by atoms with Crippen LogP contribution in [0.4, 0.5) is 18.9 Å². The number of hydrogen-bond donors (Lipinski definition) is 1. The fourth-order valence-electron chi connectivity index (χ4n) is 3.07. The van der Waals surface area contributed by atoms with Gasteiger partial charge in [0.05, 0.1) is 28.0 Å². The summed E-state index contributed by atoms with van der Waals surface area (Å²) < 4.78 is 67.4. The summed E-state index contributed by atoms with van der Waals surface area (Å²) in [6, 6.07) is 7.94. The summed E-state index contributed by atoms with van der Waals surface area (Å²) in [7, 11) is -4.02. The van der Waals surface area contributed by atoms with Gasteiger partial charge in [-0.05, 0) is 37.1 Å². The van der Waals surface area contributed by atoms with E-state index in [1.165, 1.54) is 6.07 Å². The van der Waals surface area contributed by atoms with Crippen LogP contribution >= 0.6 is 0 Å². The van der Waals surface area contributed by atoms with Crippen molar-refractivity contribution < 1.29 is 21.6 Å². The van der Waals surface area contributed by atoms with E-state index in [-0.39, 0.29) is 22.2 Å². The second-order valence-corrected chi connectivity index (χ2v) is 8.07. The van der Waals surface area contributed by atoms with Crippen LogP contribution in [0.5, 0.6) is 0 Å². The van der Waals surface area contributed by atoms with Crippen molar-refractivity contribution in [2.45, 2.75) is 36.4 Å². The maximum absolute atomic E-state index is 12.9. The monoisotopic (exact) mass is 396 g/mol. The van der Waals surface area contributed by atoms with Crippen molar-refractivity contribution in [3.8, 4) is 0 Å². The van der Waals surface area contributed by atoms with Crippen molar-refractivity contribution in [2.24, 2.45) is 0 Å². The standard InChI is InChI=1S/C17H15F3N4O2S/c18-17(19,20)10-24-16(11-6-7-11)14(9-22-24)23-27(25,26)15-5-1-4-13-12(15)3-2-8-21-13/h1-5,8-9,11,23H,6-7,10H2. The Kier molecular flexibility index (Phi) is 4.10. The van der Waals surface area contributed by atoms with Crippen LogP contribution in [-0.2, 0) is 16.6 Å². The van der Waals surface area contributed by atoms with E-state index in [1.807, 2.05) is 0 Å². The molecule has 2 heterocycles. The molecule has 0 amide bonds. The molecule has 0 unspecified atom stereocenters. The zero-order valence-corrected chi connectivity index (χ0v) is 14.8. The highest BCUT2D eigenvalue weighted by atomic mass is 32.2. The van der Waals surface area contributed by atoms with Crippen molar-refractivity contribution in [3.63, 3.8) is 0 Å². The number of alkyl halides is 3. The molecule has 0 radical (unpaired) electrons. The maximum atomic E-state index is 12.9. The van der Waals surface area contributed by atoms with Gasteiger partial charge in [-0.1, -0.05) is 6.07 Å². The van der Waals surface area contributed by atoms with E-state index in [4.69, 9.17) is 0 Å². The highest BCUT2D eigenvalue weighted by molar-refractivity contribution is 7.93. The predicted molar refractivity (Wildman–Crippen MR) is 92.8 cm³/mol. The molecule has 1 aliphatic rings. The van der Waals surface area contributed by atoms with Gasteiger partial charge in [-0.15, -0.1) is 0 Å². The molecule has 1 fully saturated rings. The van der Waals surface area contributed by atoms with Crippen LogP contribution in [0, 0.1) is 0 Å². The Morgan fingerprint density at radius 3 is 2.67 bits per heavy atom. The second-order valence-electron chi connectivity index (χ2n) is 6.42. The number of anilines is 1. The Balaban J connectivity index is 1.73. The Labute approximate surface area is 153 Å². The van der Waals surface area contributed by atoms with Crippen LogP contribution in [0.15, 0.2) is 47.6 Å². The fourth-order valence-corrected chi connectivity index (χ4v) is 4.34. The third-order valence-corrected chi connectivity index (χ3v) is 5.74. The van der Waals surface area contributed by atoms with Gasteiger partial charge in [-0.2, -0.15) is 18.3 Å². The van der Waals surface area contributed by atoms with Crippen LogP contribution < -0.4 is 4.72 Å². The second kappa shape index (κ2) is 6.22. The number of pyridine rings is 1. The Morgan fingerprint density at radius 1 is 1.19 bits per heavy atom. The molecule has 3 aromatic rings. The molecular formula is C17H15F3N4O2S. The number of nitrogens with one attached hydrogen (secondary N) is 1. The van der Waals surface area contributed by atoms with E-state index < -0.39 is 22.7 Å². The topological polar surface area (TPSA) is 76.9 Å². The lowest BCUT2D eigenvalue weighted by Crippen LogP contribution is -2.21. The maximum Gasteiger partial charge on any atom is 0.408 e. The van der Waals surface area contributed by atoms with Crippen LogP contribution in [0.3, 0.4) is 0 Å². The number of aromatic nitrogens is 3. The van der Waals surface area contributed by atoms with Gasteiger partial charge in [-0.25, -0.2) is 8.42 Å². The molecule has 1 N–H and O–H groups in total. The molecule has 0 bridgehead atoms. The normalized spacial score (nSPS) is 15.2. The smallest absolute Gasteiger partial charge is 0.276 e. The van der Waals surface area contributed by atoms with Gasteiger partial charge < -0.3 is 0 Å². The van der Waals surface area contributed by atoms with E-state index in [1.54, 1.807) is 30.5 Å². The molecule has 10 heteroatoms. The van der Waals surface area contributed by atoms with E-state index in [9.17, 15) is 21.6 Å². The molecule has 0 spiro atoms. The number of rotatable bonds is 5. The molecule has 6 nitrogen and oxygen atoms in total. The zero-order valence-electron chi connectivity index (χ0n) is 13.9. The average molecular weight is 396 g/mol. The van der Waals surface area contributed by atoms with Gasteiger partial charge in [0.25, 0.3) is 10.0 Å².